The van der Waals surface area contributed by atoms with Crippen molar-refractivity contribution in [2.75, 3.05) is 0 Å². The van der Waals surface area contributed by atoms with Crippen molar-refractivity contribution in [1.82, 2.24) is 10.6 Å². The summed E-state index contributed by atoms with van der Waals surface area (Å²) in [5.74, 6) is -0.131. The third kappa shape index (κ3) is 3.01. The van der Waals surface area contributed by atoms with Gasteiger partial charge in [0.25, 0.3) is 0 Å². The van der Waals surface area contributed by atoms with E-state index >= 15 is 0 Å². The summed E-state index contributed by atoms with van der Waals surface area (Å²) in [5, 5.41) is 8.92. The minimum absolute atomic E-state index is 0.171. The monoisotopic (exact) mass is 428 g/mol. The van der Waals surface area contributed by atoms with Crippen molar-refractivity contribution in [3.05, 3.63) is 84.6 Å². The fraction of sp³-hybridized carbons (Fsp3) is 0.0400. The standard InChI is InChI=1S/C25H15F3N4/c26-25(27,28)20-13-29-24-31-22-6-2-4-17-12-15(8-10-19(17)22)14-7-9-18-16(11-14)3-1-5-21(18)30-23(20)32-24/h1-13H,(H2,29,30,31,32). The van der Waals surface area contributed by atoms with Crippen LogP contribution in [0.3, 0.4) is 0 Å². The number of rotatable bonds is 0. The summed E-state index contributed by atoms with van der Waals surface area (Å²) < 4.78 is 41.1. The first-order valence-corrected chi connectivity index (χ1v) is 10.0. The molecular weight excluding hydrogens is 413 g/mol. The van der Waals surface area contributed by atoms with Crippen molar-refractivity contribution < 1.29 is 13.2 Å². The van der Waals surface area contributed by atoms with Crippen molar-refractivity contribution in [2.24, 2.45) is 9.98 Å². The Hall–Kier alpha value is -4.13. The molecule has 5 aliphatic heterocycles. The molecule has 4 aromatic carbocycles. The van der Waals surface area contributed by atoms with Gasteiger partial charge in [0.15, 0.2) is 0 Å². The Morgan fingerprint density at radius 1 is 0.688 bits per heavy atom. The fourth-order valence-corrected chi connectivity index (χ4v) is 4.12. The van der Waals surface area contributed by atoms with Gasteiger partial charge in [-0.3, -0.25) is 0 Å². The van der Waals surface area contributed by atoms with E-state index in [0.717, 1.165) is 38.9 Å². The number of nitrogens with zero attached hydrogens (tertiary/aromatic N) is 2. The van der Waals surface area contributed by atoms with E-state index in [1.165, 1.54) is 0 Å². The summed E-state index contributed by atoms with van der Waals surface area (Å²) in [5.41, 5.74) is 2.26. The highest BCUT2D eigenvalue weighted by atomic mass is 19.4. The lowest BCUT2D eigenvalue weighted by Gasteiger charge is -2.22. The van der Waals surface area contributed by atoms with E-state index in [-0.39, 0.29) is 11.8 Å². The minimum Gasteiger partial charge on any atom is -0.332 e. The third-order valence-electron chi connectivity index (χ3n) is 5.66. The van der Waals surface area contributed by atoms with Gasteiger partial charge in [-0.15, -0.1) is 0 Å². The molecule has 10 bridgehead atoms. The highest BCUT2D eigenvalue weighted by molar-refractivity contribution is 6.14. The number of halogens is 3. The smallest absolute Gasteiger partial charge is 0.332 e. The van der Waals surface area contributed by atoms with Gasteiger partial charge in [0, 0.05) is 17.0 Å². The lowest BCUT2D eigenvalue weighted by molar-refractivity contribution is -0.0866. The number of aliphatic imine (C=N–C) groups is 2. The molecule has 0 unspecified atom stereocenters. The Labute approximate surface area is 180 Å². The Bertz CT molecular complexity index is 1510. The Morgan fingerprint density at radius 3 is 1.88 bits per heavy atom. The molecular formula is C25H15F3N4. The molecule has 9 rings (SSSR count). The number of hydrogen-bond donors (Lipinski definition) is 2. The van der Waals surface area contributed by atoms with E-state index in [0.29, 0.717) is 11.4 Å². The average Bonchev–Trinajstić information content (AvgIpc) is 2.78. The predicted octanol–water partition coefficient (Wildman–Crippen LogP) is 6.33. The van der Waals surface area contributed by atoms with Gasteiger partial charge in [0.2, 0.25) is 5.96 Å². The molecule has 0 fully saturated rings. The molecule has 5 aliphatic rings. The summed E-state index contributed by atoms with van der Waals surface area (Å²) >= 11 is 0. The van der Waals surface area contributed by atoms with Gasteiger partial charge in [-0.25, -0.2) is 9.98 Å². The molecule has 0 saturated heterocycles. The zero-order chi connectivity index (χ0) is 21.9. The highest BCUT2D eigenvalue weighted by Crippen LogP contribution is 2.35. The topological polar surface area (TPSA) is 48.8 Å². The molecule has 0 spiro atoms. The molecule has 156 valence electrons. The van der Waals surface area contributed by atoms with Gasteiger partial charge in [0.05, 0.1) is 11.4 Å². The fourth-order valence-electron chi connectivity index (χ4n) is 4.12. The summed E-state index contributed by atoms with van der Waals surface area (Å²) in [7, 11) is 0. The number of nitrogens with one attached hydrogen (secondary N) is 2. The normalized spacial score (nSPS) is 15.2. The molecule has 0 aliphatic carbocycles. The van der Waals surface area contributed by atoms with Gasteiger partial charge < -0.3 is 10.6 Å². The predicted molar refractivity (Wildman–Crippen MR) is 121 cm³/mol. The molecule has 5 heterocycles. The zero-order valence-electron chi connectivity index (χ0n) is 16.5. The van der Waals surface area contributed by atoms with E-state index in [9.17, 15) is 13.2 Å². The van der Waals surface area contributed by atoms with E-state index in [4.69, 9.17) is 0 Å². The second-order valence-electron chi connectivity index (χ2n) is 7.67. The lowest BCUT2D eigenvalue weighted by Crippen LogP contribution is -2.47. The van der Waals surface area contributed by atoms with Gasteiger partial charge >= 0.3 is 6.18 Å². The van der Waals surface area contributed by atoms with Crippen LogP contribution in [0.5, 0.6) is 0 Å². The first-order valence-electron chi connectivity index (χ1n) is 10.0. The van der Waals surface area contributed by atoms with Crippen LogP contribution in [0.1, 0.15) is 0 Å². The molecule has 4 nitrogen and oxygen atoms in total. The van der Waals surface area contributed by atoms with Crippen LogP contribution in [-0.2, 0) is 0 Å². The summed E-state index contributed by atoms with van der Waals surface area (Å²) in [6.07, 6.45) is -3.68. The number of amidine groups is 1. The highest BCUT2D eigenvalue weighted by Gasteiger charge is 2.39. The second kappa shape index (κ2) is 6.68. The molecule has 0 amide bonds. The van der Waals surface area contributed by atoms with Crippen LogP contribution < -0.4 is 10.6 Å². The van der Waals surface area contributed by atoms with Crippen LogP contribution in [0.15, 0.2) is 94.6 Å². The number of benzene rings is 4. The summed E-state index contributed by atoms with van der Waals surface area (Å²) in [6, 6.07) is 23.1. The van der Waals surface area contributed by atoms with Crippen LogP contribution in [-0.4, -0.2) is 18.0 Å². The van der Waals surface area contributed by atoms with Crippen molar-refractivity contribution in [1.29, 1.82) is 0 Å². The van der Waals surface area contributed by atoms with Crippen molar-refractivity contribution in [2.45, 2.75) is 6.18 Å². The summed E-state index contributed by atoms with van der Waals surface area (Å²) in [6.45, 7) is 0. The van der Waals surface area contributed by atoms with Gasteiger partial charge in [-0.2, -0.15) is 13.2 Å². The van der Waals surface area contributed by atoms with Gasteiger partial charge in [-0.05, 0) is 46.2 Å². The minimum atomic E-state index is -4.58. The van der Waals surface area contributed by atoms with Crippen LogP contribution in [0.25, 0.3) is 32.7 Å². The first kappa shape index (κ1) is 18.6. The largest absolute Gasteiger partial charge is 0.421 e. The molecule has 4 aromatic rings. The maximum Gasteiger partial charge on any atom is 0.421 e. The Morgan fingerprint density at radius 2 is 1.28 bits per heavy atom. The molecule has 0 atom stereocenters. The lowest BCUT2D eigenvalue weighted by atomic mass is 9.98. The van der Waals surface area contributed by atoms with E-state index in [1.54, 1.807) is 12.1 Å². The maximum absolute atomic E-state index is 13.7. The third-order valence-corrected chi connectivity index (χ3v) is 5.66. The SMILES string of the molecule is FC(F)(F)C1=CNC2=Nc3cccc4cc(ccc34)-c3ccc4c(cccc4c3)N=C1N2. The Balaban J connectivity index is 1.70. The maximum atomic E-state index is 13.7. The van der Waals surface area contributed by atoms with Crippen LogP contribution in [0.4, 0.5) is 24.5 Å². The van der Waals surface area contributed by atoms with Gasteiger partial charge in [-0.1, -0.05) is 48.5 Å². The molecule has 32 heavy (non-hydrogen) atoms. The number of guanidine groups is 1. The molecule has 0 radical (unpaired) electrons. The average molecular weight is 428 g/mol. The molecule has 2 N–H and O–H groups in total. The first-order chi connectivity index (χ1) is 15.5. The van der Waals surface area contributed by atoms with Crippen LogP contribution in [0.2, 0.25) is 0 Å². The van der Waals surface area contributed by atoms with Crippen molar-refractivity contribution >= 4 is 44.7 Å². The Kier molecular flexibility index (Phi) is 3.89. The second-order valence-corrected chi connectivity index (χ2v) is 7.67. The molecule has 0 aromatic heterocycles. The quantitative estimate of drug-likeness (QED) is 0.344. The van der Waals surface area contributed by atoms with E-state index < -0.39 is 11.7 Å². The van der Waals surface area contributed by atoms with Crippen LogP contribution >= 0.6 is 0 Å². The zero-order valence-corrected chi connectivity index (χ0v) is 16.5. The van der Waals surface area contributed by atoms with Crippen LogP contribution in [0, 0.1) is 0 Å². The summed E-state index contributed by atoms with van der Waals surface area (Å²) in [4.78, 5) is 8.93. The van der Waals surface area contributed by atoms with Crippen molar-refractivity contribution in [3.8, 4) is 11.1 Å². The van der Waals surface area contributed by atoms with E-state index in [1.807, 2.05) is 54.6 Å². The van der Waals surface area contributed by atoms with Crippen molar-refractivity contribution in [3.63, 3.8) is 0 Å². The number of alkyl halides is 3. The van der Waals surface area contributed by atoms with E-state index in [2.05, 4.69) is 26.7 Å². The molecule has 0 saturated carbocycles. The molecule has 7 heteroatoms. The number of hydrogen-bond acceptors (Lipinski definition) is 4. The van der Waals surface area contributed by atoms with Gasteiger partial charge in [0.1, 0.15) is 11.4 Å².